The minimum Gasteiger partial charge on any atom is -0.314 e. The third kappa shape index (κ3) is 3.03. The molecule has 1 unspecified atom stereocenters. The number of hydrogen-bond donors (Lipinski definition) is 1. The molecule has 3 rings (SSSR count). The Morgan fingerprint density at radius 3 is 2.85 bits per heavy atom. The summed E-state index contributed by atoms with van der Waals surface area (Å²) in [6, 6.07) is 8.86. The predicted molar refractivity (Wildman–Crippen MR) is 79.2 cm³/mol. The molecule has 1 fully saturated rings. The summed E-state index contributed by atoms with van der Waals surface area (Å²) in [5.41, 5.74) is 3.66. The lowest BCUT2D eigenvalue weighted by molar-refractivity contribution is 0.152. The van der Waals surface area contributed by atoms with Crippen LogP contribution in [0.1, 0.15) is 22.9 Å². The number of hydrogen-bond acceptors (Lipinski definition) is 4. The lowest BCUT2D eigenvalue weighted by Gasteiger charge is -2.36. The van der Waals surface area contributed by atoms with E-state index in [9.17, 15) is 0 Å². The van der Waals surface area contributed by atoms with Gasteiger partial charge in [0, 0.05) is 50.8 Å². The third-order valence-corrected chi connectivity index (χ3v) is 3.78. The van der Waals surface area contributed by atoms with Crippen LogP contribution in [0.2, 0.25) is 0 Å². The Balaban J connectivity index is 1.77. The number of aryl methyl sites for hydroxylation is 1. The van der Waals surface area contributed by atoms with Crippen LogP contribution >= 0.6 is 0 Å². The maximum absolute atomic E-state index is 4.53. The maximum Gasteiger partial charge on any atom is 0.0544 e. The molecule has 0 radical (unpaired) electrons. The topological polar surface area (TPSA) is 41.0 Å². The van der Waals surface area contributed by atoms with E-state index < -0.39 is 0 Å². The first kappa shape index (κ1) is 13.2. The molecule has 1 N–H and O–H groups in total. The van der Waals surface area contributed by atoms with Crippen molar-refractivity contribution in [3.8, 4) is 0 Å². The zero-order valence-electron chi connectivity index (χ0n) is 11.8. The molecule has 4 heteroatoms. The average molecular weight is 268 g/mol. The molecule has 0 bridgehead atoms. The zero-order chi connectivity index (χ0) is 13.8. The van der Waals surface area contributed by atoms with E-state index in [0.717, 1.165) is 31.9 Å². The van der Waals surface area contributed by atoms with E-state index in [0.29, 0.717) is 6.04 Å². The highest BCUT2D eigenvalue weighted by Crippen LogP contribution is 2.23. The van der Waals surface area contributed by atoms with Crippen LogP contribution in [0.3, 0.4) is 0 Å². The van der Waals surface area contributed by atoms with Gasteiger partial charge in [0.05, 0.1) is 5.69 Å². The quantitative estimate of drug-likeness (QED) is 0.923. The van der Waals surface area contributed by atoms with Gasteiger partial charge < -0.3 is 5.32 Å². The highest BCUT2D eigenvalue weighted by molar-refractivity contribution is 5.18. The van der Waals surface area contributed by atoms with Gasteiger partial charge in [0.15, 0.2) is 0 Å². The Labute approximate surface area is 119 Å². The van der Waals surface area contributed by atoms with E-state index in [1.165, 1.54) is 11.1 Å². The van der Waals surface area contributed by atoms with E-state index >= 15 is 0 Å². The van der Waals surface area contributed by atoms with Crippen LogP contribution in [-0.2, 0) is 6.54 Å². The number of pyridine rings is 2. The van der Waals surface area contributed by atoms with Crippen molar-refractivity contribution in [2.24, 2.45) is 0 Å². The van der Waals surface area contributed by atoms with Gasteiger partial charge in [0.25, 0.3) is 0 Å². The van der Waals surface area contributed by atoms with Crippen LogP contribution in [0.4, 0.5) is 0 Å². The monoisotopic (exact) mass is 268 g/mol. The van der Waals surface area contributed by atoms with Gasteiger partial charge in [-0.15, -0.1) is 0 Å². The minimum atomic E-state index is 0.398. The Kier molecular flexibility index (Phi) is 4.04. The van der Waals surface area contributed by atoms with Gasteiger partial charge in [0.1, 0.15) is 0 Å². The van der Waals surface area contributed by atoms with Gasteiger partial charge in [-0.2, -0.15) is 0 Å². The van der Waals surface area contributed by atoms with Crippen LogP contribution in [-0.4, -0.2) is 34.5 Å². The van der Waals surface area contributed by atoms with Crippen LogP contribution in [0.15, 0.2) is 42.9 Å². The van der Waals surface area contributed by atoms with Crippen molar-refractivity contribution in [2.45, 2.75) is 19.5 Å². The molecule has 1 saturated heterocycles. The summed E-state index contributed by atoms with van der Waals surface area (Å²) in [6.45, 7) is 6.03. The zero-order valence-corrected chi connectivity index (χ0v) is 11.8. The first-order valence-electron chi connectivity index (χ1n) is 7.09. The molecule has 0 aliphatic carbocycles. The Bertz CT molecular complexity index is 538. The smallest absolute Gasteiger partial charge is 0.0544 e. The SMILES string of the molecule is Cc1ccc(CN2CCNCC2c2ccncc2)nc1. The number of piperazine rings is 1. The normalized spacial score (nSPS) is 19.9. The fourth-order valence-corrected chi connectivity index (χ4v) is 2.65. The fraction of sp³-hybridized carbons (Fsp3) is 0.375. The number of nitrogens with zero attached hydrogens (tertiary/aromatic N) is 3. The molecule has 0 amide bonds. The molecule has 4 nitrogen and oxygen atoms in total. The van der Waals surface area contributed by atoms with Gasteiger partial charge in [-0.05, 0) is 36.2 Å². The van der Waals surface area contributed by atoms with E-state index in [-0.39, 0.29) is 0 Å². The summed E-state index contributed by atoms with van der Waals surface area (Å²) in [4.78, 5) is 11.1. The molecule has 0 saturated carbocycles. The first-order chi connectivity index (χ1) is 9.83. The largest absolute Gasteiger partial charge is 0.314 e. The summed E-state index contributed by atoms with van der Waals surface area (Å²) in [6.07, 6.45) is 5.68. The molecule has 3 heterocycles. The highest BCUT2D eigenvalue weighted by Gasteiger charge is 2.23. The molecule has 1 aliphatic rings. The summed E-state index contributed by atoms with van der Waals surface area (Å²) in [5, 5.41) is 3.48. The van der Waals surface area contributed by atoms with E-state index in [1.807, 2.05) is 18.6 Å². The number of nitrogens with one attached hydrogen (secondary N) is 1. The van der Waals surface area contributed by atoms with Gasteiger partial charge in [-0.1, -0.05) is 6.07 Å². The lowest BCUT2D eigenvalue weighted by atomic mass is 10.0. The van der Waals surface area contributed by atoms with Crippen LogP contribution in [0.5, 0.6) is 0 Å². The molecule has 1 atom stereocenters. The van der Waals surface area contributed by atoms with Crippen LogP contribution in [0, 0.1) is 6.92 Å². The molecule has 0 spiro atoms. The van der Waals surface area contributed by atoms with Crippen molar-refractivity contribution in [3.05, 3.63) is 59.7 Å². The summed E-state index contributed by atoms with van der Waals surface area (Å²) < 4.78 is 0. The van der Waals surface area contributed by atoms with Crippen LogP contribution < -0.4 is 5.32 Å². The second-order valence-electron chi connectivity index (χ2n) is 5.30. The van der Waals surface area contributed by atoms with Gasteiger partial charge in [-0.25, -0.2) is 0 Å². The number of rotatable bonds is 3. The van der Waals surface area contributed by atoms with Crippen molar-refractivity contribution in [1.29, 1.82) is 0 Å². The maximum atomic E-state index is 4.53. The molecule has 1 aliphatic heterocycles. The first-order valence-corrected chi connectivity index (χ1v) is 7.09. The van der Waals surface area contributed by atoms with Gasteiger partial charge >= 0.3 is 0 Å². The highest BCUT2D eigenvalue weighted by atomic mass is 15.2. The molecule has 104 valence electrons. The van der Waals surface area contributed by atoms with E-state index in [1.54, 1.807) is 0 Å². The van der Waals surface area contributed by atoms with Gasteiger partial charge in [-0.3, -0.25) is 14.9 Å². The van der Waals surface area contributed by atoms with Crippen molar-refractivity contribution in [3.63, 3.8) is 0 Å². The third-order valence-electron chi connectivity index (χ3n) is 3.78. The predicted octanol–water partition coefficient (Wildman–Crippen LogP) is 1.93. The fourth-order valence-electron chi connectivity index (χ4n) is 2.65. The van der Waals surface area contributed by atoms with Crippen molar-refractivity contribution in [1.82, 2.24) is 20.2 Å². The summed E-state index contributed by atoms with van der Waals surface area (Å²) in [5.74, 6) is 0. The minimum absolute atomic E-state index is 0.398. The second-order valence-corrected chi connectivity index (χ2v) is 5.30. The molecule has 0 aromatic carbocycles. The van der Waals surface area contributed by atoms with Crippen LogP contribution in [0.25, 0.3) is 0 Å². The molecular formula is C16H20N4. The average Bonchev–Trinajstić information content (AvgIpc) is 2.51. The Morgan fingerprint density at radius 1 is 1.25 bits per heavy atom. The standard InChI is InChI=1S/C16H20N4/c1-13-2-3-15(19-10-13)12-20-9-8-18-11-16(20)14-4-6-17-7-5-14/h2-7,10,16,18H,8-9,11-12H2,1H3. The van der Waals surface area contributed by atoms with Crippen molar-refractivity contribution < 1.29 is 0 Å². The summed E-state index contributed by atoms with van der Waals surface area (Å²) in [7, 11) is 0. The number of aromatic nitrogens is 2. The molecule has 2 aromatic rings. The van der Waals surface area contributed by atoms with Crippen molar-refractivity contribution in [2.75, 3.05) is 19.6 Å². The van der Waals surface area contributed by atoms with Crippen molar-refractivity contribution >= 4 is 0 Å². The lowest BCUT2D eigenvalue weighted by Crippen LogP contribution is -2.45. The Hall–Kier alpha value is -1.78. The Morgan fingerprint density at radius 2 is 2.10 bits per heavy atom. The van der Waals surface area contributed by atoms with E-state index in [2.05, 4.69) is 51.4 Å². The molecule has 20 heavy (non-hydrogen) atoms. The molecular weight excluding hydrogens is 248 g/mol. The summed E-state index contributed by atoms with van der Waals surface area (Å²) >= 11 is 0. The molecule has 2 aromatic heterocycles. The second kappa shape index (κ2) is 6.11. The van der Waals surface area contributed by atoms with E-state index in [4.69, 9.17) is 0 Å². The van der Waals surface area contributed by atoms with Gasteiger partial charge in [0.2, 0.25) is 0 Å².